The molecule has 3 heterocycles. The summed E-state index contributed by atoms with van der Waals surface area (Å²) >= 11 is 0. The first-order chi connectivity index (χ1) is 16.2. The first kappa shape index (κ1) is 23.6. The van der Waals surface area contributed by atoms with Crippen LogP contribution in [0.25, 0.3) is 5.65 Å². The number of anilines is 2. The minimum Gasteiger partial charge on any atom is -0.459 e. The van der Waals surface area contributed by atoms with E-state index in [1.165, 1.54) is 16.7 Å². The largest absolute Gasteiger partial charge is 0.459 e. The van der Waals surface area contributed by atoms with Gasteiger partial charge in [0.15, 0.2) is 0 Å². The van der Waals surface area contributed by atoms with Crippen molar-refractivity contribution >= 4 is 23.1 Å². The first-order valence-electron chi connectivity index (χ1n) is 11.0. The van der Waals surface area contributed by atoms with E-state index in [1.54, 1.807) is 26.8 Å². The smallest absolute Gasteiger partial charge is 0.339 e. The van der Waals surface area contributed by atoms with Gasteiger partial charge in [0, 0.05) is 42.7 Å². The summed E-state index contributed by atoms with van der Waals surface area (Å²) < 4.78 is 39.4. The van der Waals surface area contributed by atoms with Crippen molar-refractivity contribution in [1.29, 1.82) is 0 Å². The maximum Gasteiger partial charge on any atom is 0.339 e. The van der Waals surface area contributed by atoms with Gasteiger partial charge in [0.2, 0.25) is 0 Å². The standard InChI is InChI=1S/C24H26F2N4O4/c1-14(2)34-24(32)16-8-20(15(3)27-19-10-17(25)9-18(26)11-19)23-28-21(12-22(31)30(23)13-16)29-4-6-33-7-5-29/h8-15,27H,4-7H2,1-3H3/t15-/m1/s1. The van der Waals surface area contributed by atoms with Crippen molar-refractivity contribution in [1.82, 2.24) is 9.38 Å². The van der Waals surface area contributed by atoms with Gasteiger partial charge in [-0.05, 0) is 39.0 Å². The summed E-state index contributed by atoms with van der Waals surface area (Å²) in [5, 5.41) is 3.04. The number of carbonyl (C=O) groups is 1. The Balaban J connectivity index is 1.83. The molecule has 1 fully saturated rings. The summed E-state index contributed by atoms with van der Waals surface area (Å²) in [4.78, 5) is 32.4. The molecule has 1 aliphatic heterocycles. The van der Waals surface area contributed by atoms with E-state index in [9.17, 15) is 18.4 Å². The van der Waals surface area contributed by atoms with Gasteiger partial charge in [0.25, 0.3) is 5.56 Å². The lowest BCUT2D eigenvalue weighted by atomic mass is 10.1. The molecule has 2 aromatic heterocycles. The third kappa shape index (κ3) is 5.17. The number of carbonyl (C=O) groups excluding carboxylic acids is 1. The molecule has 1 atom stereocenters. The zero-order chi connectivity index (χ0) is 24.4. The number of esters is 1. The van der Waals surface area contributed by atoms with E-state index in [2.05, 4.69) is 5.32 Å². The second-order valence-electron chi connectivity index (χ2n) is 8.41. The minimum atomic E-state index is -0.724. The van der Waals surface area contributed by atoms with Gasteiger partial charge in [0.1, 0.15) is 23.1 Å². The van der Waals surface area contributed by atoms with Crippen LogP contribution >= 0.6 is 0 Å². The predicted molar refractivity (Wildman–Crippen MR) is 123 cm³/mol. The number of hydrogen-bond donors (Lipinski definition) is 1. The summed E-state index contributed by atoms with van der Waals surface area (Å²) in [5.74, 6) is -1.54. The zero-order valence-electron chi connectivity index (χ0n) is 19.2. The maximum atomic E-state index is 13.7. The number of benzene rings is 1. The molecule has 0 saturated carbocycles. The highest BCUT2D eigenvalue weighted by Gasteiger charge is 2.21. The van der Waals surface area contributed by atoms with Crippen LogP contribution in [0, 0.1) is 11.6 Å². The molecule has 34 heavy (non-hydrogen) atoms. The van der Waals surface area contributed by atoms with Crippen LogP contribution in [0.2, 0.25) is 0 Å². The number of halogens is 2. The van der Waals surface area contributed by atoms with Crippen molar-refractivity contribution < 1.29 is 23.0 Å². The van der Waals surface area contributed by atoms with Crippen LogP contribution in [0.3, 0.4) is 0 Å². The van der Waals surface area contributed by atoms with Gasteiger partial charge in [0.05, 0.1) is 30.9 Å². The van der Waals surface area contributed by atoms with E-state index in [1.807, 2.05) is 4.90 Å². The number of nitrogens with one attached hydrogen (secondary N) is 1. The highest BCUT2D eigenvalue weighted by atomic mass is 19.1. The van der Waals surface area contributed by atoms with Gasteiger partial charge in [-0.1, -0.05) is 0 Å². The van der Waals surface area contributed by atoms with Crippen molar-refractivity contribution in [2.75, 3.05) is 36.5 Å². The van der Waals surface area contributed by atoms with E-state index in [0.717, 1.165) is 18.2 Å². The van der Waals surface area contributed by atoms with Crippen LogP contribution in [0.4, 0.5) is 20.3 Å². The minimum absolute atomic E-state index is 0.165. The van der Waals surface area contributed by atoms with Crippen molar-refractivity contribution in [3.8, 4) is 0 Å². The normalized spacial score (nSPS) is 14.9. The second-order valence-corrected chi connectivity index (χ2v) is 8.41. The van der Waals surface area contributed by atoms with Crippen LogP contribution < -0.4 is 15.8 Å². The molecule has 180 valence electrons. The van der Waals surface area contributed by atoms with Crippen molar-refractivity contribution in [2.45, 2.75) is 32.9 Å². The molecule has 4 rings (SSSR count). The Morgan fingerprint density at radius 2 is 1.76 bits per heavy atom. The molecule has 0 bridgehead atoms. The van der Waals surface area contributed by atoms with E-state index in [0.29, 0.717) is 43.3 Å². The van der Waals surface area contributed by atoms with Gasteiger partial charge in [-0.3, -0.25) is 9.20 Å². The lowest BCUT2D eigenvalue weighted by Gasteiger charge is -2.28. The molecular weight excluding hydrogens is 446 g/mol. The quantitative estimate of drug-likeness (QED) is 0.549. The van der Waals surface area contributed by atoms with Crippen LogP contribution in [0.15, 0.2) is 41.3 Å². The average molecular weight is 472 g/mol. The summed E-state index contributed by atoms with van der Waals surface area (Å²) in [6.07, 6.45) is 1.05. The Bertz CT molecular complexity index is 1250. The molecule has 1 saturated heterocycles. The summed E-state index contributed by atoms with van der Waals surface area (Å²) in [6, 6.07) is 5.55. The Kier molecular flexibility index (Phi) is 6.78. The molecule has 8 nitrogen and oxygen atoms in total. The number of nitrogens with zero attached hydrogens (tertiary/aromatic N) is 3. The van der Waals surface area contributed by atoms with Gasteiger partial charge < -0.3 is 19.7 Å². The number of hydrogen-bond acceptors (Lipinski definition) is 7. The molecule has 0 unspecified atom stereocenters. The Morgan fingerprint density at radius 1 is 1.09 bits per heavy atom. The Labute approximate surface area is 195 Å². The molecule has 1 aromatic carbocycles. The number of ether oxygens (including phenoxy) is 2. The number of fused-ring (bicyclic) bond motifs is 1. The lowest BCUT2D eigenvalue weighted by molar-refractivity contribution is 0.0377. The molecule has 0 aliphatic carbocycles. The zero-order valence-corrected chi connectivity index (χ0v) is 19.2. The monoisotopic (exact) mass is 472 g/mol. The van der Waals surface area contributed by atoms with Gasteiger partial charge in [-0.25, -0.2) is 18.6 Å². The van der Waals surface area contributed by atoms with E-state index >= 15 is 0 Å². The lowest BCUT2D eigenvalue weighted by Crippen LogP contribution is -2.37. The number of morpholine rings is 1. The van der Waals surface area contributed by atoms with Crippen molar-refractivity contribution in [3.63, 3.8) is 0 Å². The molecule has 1 N–H and O–H groups in total. The number of rotatable bonds is 6. The molecule has 3 aromatic rings. The fourth-order valence-electron chi connectivity index (χ4n) is 3.85. The number of pyridine rings is 1. The Morgan fingerprint density at radius 3 is 2.41 bits per heavy atom. The van der Waals surface area contributed by atoms with Crippen molar-refractivity contribution in [2.24, 2.45) is 0 Å². The first-order valence-corrected chi connectivity index (χ1v) is 11.0. The fraction of sp³-hybridized carbons (Fsp3) is 0.375. The van der Waals surface area contributed by atoms with Crippen LogP contribution in [-0.4, -0.2) is 47.8 Å². The maximum absolute atomic E-state index is 13.7. The van der Waals surface area contributed by atoms with Crippen LogP contribution in [-0.2, 0) is 9.47 Å². The highest BCUT2D eigenvalue weighted by molar-refractivity contribution is 5.90. The Hall–Kier alpha value is -3.53. The molecule has 0 spiro atoms. The summed E-state index contributed by atoms with van der Waals surface area (Å²) in [5.41, 5.74) is 0.835. The van der Waals surface area contributed by atoms with Gasteiger partial charge >= 0.3 is 5.97 Å². The average Bonchev–Trinajstić information content (AvgIpc) is 2.77. The van der Waals surface area contributed by atoms with E-state index < -0.39 is 23.6 Å². The third-order valence-corrected chi connectivity index (χ3v) is 5.40. The SMILES string of the molecule is CC(C)OC(=O)c1cc([C@@H](C)Nc2cc(F)cc(F)c2)c2nc(N3CCOCC3)cc(=O)n2c1. The molecule has 1 aliphatic rings. The topological polar surface area (TPSA) is 85.2 Å². The van der Waals surface area contributed by atoms with Crippen LogP contribution in [0.1, 0.15) is 42.7 Å². The fourth-order valence-corrected chi connectivity index (χ4v) is 3.85. The molecule has 0 radical (unpaired) electrons. The molecular formula is C24H26F2N4O4. The molecule has 0 amide bonds. The molecule has 10 heteroatoms. The van der Waals surface area contributed by atoms with Crippen molar-refractivity contribution in [3.05, 3.63) is 69.6 Å². The highest BCUT2D eigenvalue weighted by Crippen LogP contribution is 2.26. The number of aromatic nitrogens is 2. The van der Waals surface area contributed by atoms with Gasteiger partial charge in [-0.2, -0.15) is 0 Å². The summed E-state index contributed by atoms with van der Waals surface area (Å²) in [6.45, 7) is 7.44. The second kappa shape index (κ2) is 9.76. The summed E-state index contributed by atoms with van der Waals surface area (Å²) in [7, 11) is 0. The van der Waals surface area contributed by atoms with Crippen LogP contribution in [0.5, 0.6) is 0 Å². The predicted octanol–water partition coefficient (Wildman–Crippen LogP) is 3.55. The third-order valence-electron chi connectivity index (χ3n) is 5.40. The van der Waals surface area contributed by atoms with E-state index in [4.69, 9.17) is 14.5 Å². The van der Waals surface area contributed by atoms with Gasteiger partial charge in [-0.15, -0.1) is 0 Å². The van der Waals surface area contributed by atoms with E-state index in [-0.39, 0.29) is 22.9 Å².